The van der Waals surface area contributed by atoms with Gasteiger partial charge >= 0.3 is 6.09 Å². The summed E-state index contributed by atoms with van der Waals surface area (Å²) < 4.78 is 18.3. The molecule has 0 bridgehead atoms. The van der Waals surface area contributed by atoms with Crippen LogP contribution in [-0.2, 0) is 11.3 Å². The van der Waals surface area contributed by atoms with E-state index in [0.717, 1.165) is 0 Å². The highest BCUT2D eigenvalue weighted by atomic mass is 19.1. The molecule has 0 fully saturated rings. The normalized spacial score (nSPS) is 13.9. The molecule has 0 atom stereocenters. The van der Waals surface area contributed by atoms with Crippen LogP contribution in [0.2, 0.25) is 0 Å². The Morgan fingerprint density at radius 1 is 1.53 bits per heavy atom. The highest BCUT2D eigenvalue weighted by Gasteiger charge is 2.22. The van der Waals surface area contributed by atoms with Crippen LogP contribution < -0.4 is 5.32 Å². The lowest BCUT2D eigenvalue weighted by Gasteiger charge is -2.18. The molecule has 5 heteroatoms. The van der Waals surface area contributed by atoms with Crippen molar-refractivity contribution in [2.45, 2.75) is 13.5 Å². The van der Waals surface area contributed by atoms with Crippen LogP contribution in [0.5, 0.6) is 0 Å². The number of rotatable bonds is 1. The third-order valence-electron chi connectivity index (χ3n) is 2.21. The first-order chi connectivity index (χ1) is 7.09. The molecule has 1 aromatic rings. The smallest absolute Gasteiger partial charge is 0.411 e. The van der Waals surface area contributed by atoms with E-state index in [1.807, 2.05) is 0 Å². The average Bonchev–Trinajstić information content (AvgIpc) is 2.17. The van der Waals surface area contributed by atoms with E-state index in [-0.39, 0.29) is 23.5 Å². The van der Waals surface area contributed by atoms with Crippen molar-refractivity contribution in [2.24, 2.45) is 0 Å². The van der Waals surface area contributed by atoms with Crippen molar-refractivity contribution in [1.29, 1.82) is 0 Å². The molecule has 0 saturated carbocycles. The number of cyclic esters (lactones) is 1. The van der Waals surface area contributed by atoms with Gasteiger partial charge in [0.05, 0.1) is 11.3 Å². The minimum absolute atomic E-state index is 0.00787. The maximum Gasteiger partial charge on any atom is 0.411 e. The summed E-state index contributed by atoms with van der Waals surface area (Å²) in [5, 5.41) is 2.35. The molecule has 1 N–H and O–H groups in total. The number of carbonyl (C=O) groups is 2. The second-order valence-electron chi connectivity index (χ2n) is 3.21. The van der Waals surface area contributed by atoms with Crippen LogP contribution >= 0.6 is 0 Å². The Balaban J connectivity index is 2.53. The van der Waals surface area contributed by atoms with Gasteiger partial charge in [0, 0.05) is 5.56 Å². The minimum atomic E-state index is -0.625. The molecule has 0 saturated heterocycles. The van der Waals surface area contributed by atoms with Crippen molar-refractivity contribution in [3.8, 4) is 0 Å². The van der Waals surface area contributed by atoms with Crippen LogP contribution in [0.3, 0.4) is 0 Å². The van der Waals surface area contributed by atoms with Crippen LogP contribution in [0.1, 0.15) is 22.8 Å². The zero-order chi connectivity index (χ0) is 11.0. The molecular weight excluding hydrogens is 201 g/mol. The molecule has 1 aliphatic rings. The molecule has 0 aliphatic carbocycles. The van der Waals surface area contributed by atoms with E-state index in [1.165, 1.54) is 19.1 Å². The third-order valence-corrected chi connectivity index (χ3v) is 2.21. The molecule has 2 rings (SSSR count). The number of hydrogen-bond donors (Lipinski definition) is 1. The topological polar surface area (TPSA) is 55.4 Å². The monoisotopic (exact) mass is 209 g/mol. The van der Waals surface area contributed by atoms with Gasteiger partial charge in [0.1, 0.15) is 12.4 Å². The van der Waals surface area contributed by atoms with Crippen molar-refractivity contribution in [1.82, 2.24) is 0 Å². The van der Waals surface area contributed by atoms with E-state index >= 15 is 0 Å². The third kappa shape index (κ3) is 1.56. The maximum absolute atomic E-state index is 13.7. The van der Waals surface area contributed by atoms with Gasteiger partial charge < -0.3 is 4.74 Å². The fraction of sp³-hybridized carbons (Fsp3) is 0.200. The van der Waals surface area contributed by atoms with Crippen molar-refractivity contribution in [3.05, 3.63) is 29.1 Å². The highest BCUT2D eigenvalue weighted by molar-refractivity contribution is 5.96. The Morgan fingerprint density at radius 3 is 2.93 bits per heavy atom. The lowest BCUT2D eigenvalue weighted by Crippen LogP contribution is -2.22. The quantitative estimate of drug-likeness (QED) is 0.720. The molecule has 78 valence electrons. The predicted octanol–water partition coefficient (Wildman–Crippen LogP) is 2.09. The summed E-state index contributed by atoms with van der Waals surface area (Å²) in [5.74, 6) is -0.979. The van der Waals surface area contributed by atoms with E-state index in [9.17, 15) is 14.0 Å². The van der Waals surface area contributed by atoms with E-state index in [0.29, 0.717) is 5.69 Å². The van der Waals surface area contributed by atoms with Gasteiger partial charge in [0.2, 0.25) is 0 Å². The Morgan fingerprint density at radius 2 is 2.27 bits per heavy atom. The van der Waals surface area contributed by atoms with Crippen LogP contribution in [0.4, 0.5) is 14.9 Å². The fourth-order valence-corrected chi connectivity index (χ4v) is 1.44. The number of ketones is 1. The van der Waals surface area contributed by atoms with Gasteiger partial charge in [-0.05, 0) is 19.1 Å². The molecular formula is C10H8FNO3. The molecule has 1 aromatic carbocycles. The van der Waals surface area contributed by atoms with Crippen molar-refractivity contribution >= 4 is 17.6 Å². The van der Waals surface area contributed by atoms with E-state index in [1.54, 1.807) is 0 Å². The van der Waals surface area contributed by atoms with Gasteiger partial charge in [0.15, 0.2) is 5.78 Å². The molecule has 15 heavy (non-hydrogen) atoms. The lowest BCUT2D eigenvalue weighted by atomic mass is 10.0. The van der Waals surface area contributed by atoms with Gasteiger partial charge in [-0.2, -0.15) is 0 Å². The summed E-state index contributed by atoms with van der Waals surface area (Å²) in [7, 11) is 0. The Hall–Kier alpha value is -1.91. The summed E-state index contributed by atoms with van der Waals surface area (Å²) in [6.07, 6.45) is -0.613. The van der Waals surface area contributed by atoms with Crippen LogP contribution in [0.25, 0.3) is 0 Å². The molecule has 0 radical (unpaired) electrons. The molecule has 4 nitrogen and oxygen atoms in total. The van der Waals surface area contributed by atoms with E-state index < -0.39 is 11.9 Å². The minimum Gasteiger partial charge on any atom is -0.444 e. The molecule has 1 aliphatic heterocycles. The Labute approximate surface area is 85.0 Å². The summed E-state index contributed by atoms with van der Waals surface area (Å²) >= 11 is 0. The summed E-state index contributed by atoms with van der Waals surface area (Å²) in [5.41, 5.74) is 0.574. The summed E-state index contributed by atoms with van der Waals surface area (Å²) in [6, 6.07) is 2.84. The van der Waals surface area contributed by atoms with Crippen LogP contribution in [0, 0.1) is 5.82 Å². The summed E-state index contributed by atoms with van der Waals surface area (Å²) in [4.78, 5) is 21.9. The zero-order valence-electron chi connectivity index (χ0n) is 7.96. The van der Waals surface area contributed by atoms with Gasteiger partial charge in [-0.15, -0.1) is 0 Å². The number of benzene rings is 1. The number of nitrogens with one attached hydrogen (secondary N) is 1. The molecule has 1 heterocycles. The SMILES string of the molecule is CC(=O)c1ccc2c(c1F)COC(=O)N2. The van der Waals surface area contributed by atoms with Gasteiger partial charge in [-0.3, -0.25) is 10.1 Å². The number of carbonyl (C=O) groups excluding carboxylic acids is 2. The molecule has 0 spiro atoms. The second-order valence-corrected chi connectivity index (χ2v) is 3.21. The van der Waals surface area contributed by atoms with Gasteiger partial charge in [-0.1, -0.05) is 0 Å². The molecule has 1 amide bonds. The first-order valence-corrected chi connectivity index (χ1v) is 4.35. The van der Waals surface area contributed by atoms with Crippen molar-refractivity contribution in [3.63, 3.8) is 0 Å². The van der Waals surface area contributed by atoms with Gasteiger partial charge in [0.25, 0.3) is 0 Å². The number of ether oxygens (including phenoxy) is 1. The number of amides is 1. The highest BCUT2D eigenvalue weighted by Crippen LogP contribution is 2.26. The lowest BCUT2D eigenvalue weighted by molar-refractivity contribution is 0.101. The first-order valence-electron chi connectivity index (χ1n) is 4.35. The van der Waals surface area contributed by atoms with Crippen LogP contribution in [0.15, 0.2) is 12.1 Å². The Kier molecular flexibility index (Phi) is 2.15. The maximum atomic E-state index is 13.7. The molecule has 0 aromatic heterocycles. The number of hydrogen-bond acceptors (Lipinski definition) is 3. The summed E-state index contributed by atoms with van der Waals surface area (Å²) in [6.45, 7) is 1.14. The predicted molar refractivity (Wildman–Crippen MR) is 50.2 cm³/mol. The van der Waals surface area contributed by atoms with E-state index in [2.05, 4.69) is 10.1 Å². The fourth-order valence-electron chi connectivity index (χ4n) is 1.44. The van der Waals surface area contributed by atoms with E-state index in [4.69, 9.17) is 0 Å². The largest absolute Gasteiger partial charge is 0.444 e. The Bertz CT molecular complexity index is 456. The first kappa shape index (κ1) is 9.64. The van der Waals surface area contributed by atoms with Crippen LogP contribution in [-0.4, -0.2) is 11.9 Å². The number of halogens is 1. The number of fused-ring (bicyclic) bond motifs is 1. The van der Waals surface area contributed by atoms with Crippen molar-refractivity contribution in [2.75, 3.05) is 5.32 Å². The molecule has 0 unspecified atom stereocenters. The standard InChI is InChI=1S/C10H8FNO3/c1-5(13)6-2-3-8-7(9(6)11)4-15-10(14)12-8/h2-3H,4H2,1H3,(H,12,14). The number of Topliss-reactive ketones (excluding diaryl/α,β-unsaturated/α-hetero) is 1. The van der Waals surface area contributed by atoms with Gasteiger partial charge in [-0.25, -0.2) is 9.18 Å². The zero-order valence-corrected chi connectivity index (χ0v) is 7.96. The number of anilines is 1. The average molecular weight is 209 g/mol. The second kappa shape index (κ2) is 3.34. The van der Waals surface area contributed by atoms with Crippen molar-refractivity contribution < 1.29 is 18.7 Å².